The number of thioether (sulfide) groups is 1. The first-order valence-electron chi connectivity index (χ1n) is 10.5. The van der Waals surface area contributed by atoms with Crippen LogP contribution in [0.15, 0.2) is 11.6 Å². The van der Waals surface area contributed by atoms with E-state index >= 15 is 0 Å². The second-order valence-corrected chi connectivity index (χ2v) is 10.9. The van der Waals surface area contributed by atoms with Crippen LogP contribution in [0.5, 0.6) is 0 Å². The van der Waals surface area contributed by atoms with E-state index in [1.807, 2.05) is 6.08 Å². The molecule has 4 aliphatic rings. The Hall–Kier alpha value is -0.810. The number of rotatable bonds is 3. The van der Waals surface area contributed by atoms with Crippen molar-refractivity contribution in [2.45, 2.75) is 71.3 Å². The van der Waals surface area contributed by atoms with Crippen molar-refractivity contribution in [3.63, 3.8) is 0 Å². The van der Waals surface area contributed by atoms with E-state index in [9.17, 15) is 14.7 Å². The summed E-state index contributed by atoms with van der Waals surface area (Å²) in [6.07, 6.45) is 9.33. The minimum atomic E-state index is -0.800. The Bertz CT molecular complexity index is 673. The lowest BCUT2D eigenvalue weighted by Crippen LogP contribution is -2.55. The number of aliphatic hydroxyl groups is 1. The summed E-state index contributed by atoms with van der Waals surface area (Å²) in [6, 6.07) is 0. The SMILES string of the molecule is CC12CCC(=O)C=C1CCC1C2C(CCSC(=O)O)CC2(C)C(O)CCC12. The summed E-state index contributed by atoms with van der Waals surface area (Å²) in [7, 11) is 0. The van der Waals surface area contributed by atoms with Gasteiger partial charge in [0.25, 0.3) is 0 Å². The van der Waals surface area contributed by atoms with Crippen LogP contribution >= 0.6 is 11.8 Å². The molecule has 150 valence electrons. The Morgan fingerprint density at radius 1 is 1.26 bits per heavy atom. The van der Waals surface area contributed by atoms with Crippen LogP contribution in [0.3, 0.4) is 0 Å². The fraction of sp³-hybridized carbons (Fsp3) is 0.818. The van der Waals surface area contributed by atoms with Gasteiger partial charge in [0.1, 0.15) is 0 Å². The predicted octanol–water partition coefficient (Wildman–Crippen LogP) is 4.91. The number of fused-ring (bicyclic) bond motifs is 5. The summed E-state index contributed by atoms with van der Waals surface area (Å²) < 4.78 is 0. The number of carbonyl (C=O) groups excluding carboxylic acids is 1. The van der Waals surface area contributed by atoms with Crippen molar-refractivity contribution in [3.05, 3.63) is 11.6 Å². The quantitative estimate of drug-likeness (QED) is 0.714. The molecule has 0 saturated heterocycles. The molecule has 27 heavy (non-hydrogen) atoms. The first-order valence-corrected chi connectivity index (χ1v) is 11.5. The van der Waals surface area contributed by atoms with Crippen molar-refractivity contribution >= 4 is 22.8 Å². The summed E-state index contributed by atoms with van der Waals surface area (Å²) in [6.45, 7) is 4.65. The lowest BCUT2D eigenvalue weighted by atomic mass is 9.44. The van der Waals surface area contributed by atoms with Crippen LogP contribution in [-0.2, 0) is 4.79 Å². The zero-order chi connectivity index (χ0) is 19.4. The highest BCUT2D eigenvalue weighted by Gasteiger charge is 2.61. The molecule has 0 aromatic rings. The van der Waals surface area contributed by atoms with E-state index < -0.39 is 5.30 Å². The van der Waals surface area contributed by atoms with Gasteiger partial charge in [-0.1, -0.05) is 19.4 Å². The number of hydrogen-bond donors (Lipinski definition) is 2. The summed E-state index contributed by atoms with van der Waals surface area (Å²) in [5, 5.41) is 19.0. The average Bonchev–Trinajstić information content (AvgIpc) is 2.90. The normalized spacial score (nSPS) is 46.3. The highest BCUT2D eigenvalue weighted by molar-refractivity contribution is 8.13. The minimum absolute atomic E-state index is 0.0260. The molecule has 5 heteroatoms. The maximum absolute atomic E-state index is 12.0. The summed E-state index contributed by atoms with van der Waals surface area (Å²) >= 11 is 1.00. The van der Waals surface area contributed by atoms with Gasteiger partial charge in [-0.15, -0.1) is 0 Å². The van der Waals surface area contributed by atoms with E-state index in [0.717, 1.165) is 56.7 Å². The molecular formula is C22H32O4S. The van der Waals surface area contributed by atoms with Crippen LogP contribution in [0.1, 0.15) is 65.2 Å². The van der Waals surface area contributed by atoms with Crippen molar-refractivity contribution in [2.24, 2.45) is 34.5 Å². The van der Waals surface area contributed by atoms with E-state index in [-0.39, 0.29) is 22.7 Å². The summed E-state index contributed by atoms with van der Waals surface area (Å²) in [5.41, 5.74) is 1.39. The molecule has 0 aromatic carbocycles. The molecule has 4 aliphatic carbocycles. The number of carbonyl (C=O) groups is 2. The second-order valence-electron chi connectivity index (χ2n) is 9.85. The number of allylic oxidation sites excluding steroid dienone is 1. The molecule has 4 nitrogen and oxygen atoms in total. The van der Waals surface area contributed by atoms with Crippen LogP contribution in [-0.4, -0.2) is 33.2 Å². The monoisotopic (exact) mass is 392 g/mol. The van der Waals surface area contributed by atoms with Gasteiger partial charge in [-0.25, -0.2) is 4.79 Å². The third-order valence-corrected chi connectivity index (χ3v) is 9.39. The molecule has 0 heterocycles. The smallest absolute Gasteiger partial charge is 0.364 e. The molecule has 0 amide bonds. The van der Waals surface area contributed by atoms with Crippen molar-refractivity contribution in [1.29, 1.82) is 0 Å². The molecule has 7 unspecified atom stereocenters. The van der Waals surface area contributed by atoms with Crippen molar-refractivity contribution in [1.82, 2.24) is 0 Å². The van der Waals surface area contributed by atoms with Crippen LogP contribution in [0.4, 0.5) is 4.79 Å². The van der Waals surface area contributed by atoms with Crippen LogP contribution in [0.25, 0.3) is 0 Å². The first-order chi connectivity index (χ1) is 12.8. The molecule has 4 rings (SSSR count). The van der Waals surface area contributed by atoms with Gasteiger partial charge in [-0.3, -0.25) is 4.79 Å². The predicted molar refractivity (Wildman–Crippen MR) is 107 cm³/mol. The highest BCUT2D eigenvalue weighted by Crippen LogP contribution is 2.67. The molecule has 0 aliphatic heterocycles. The van der Waals surface area contributed by atoms with Gasteiger partial charge in [-0.2, -0.15) is 0 Å². The third-order valence-electron chi connectivity index (χ3n) is 8.70. The Balaban J connectivity index is 1.68. The Morgan fingerprint density at radius 2 is 2.04 bits per heavy atom. The van der Waals surface area contributed by atoms with E-state index in [1.165, 1.54) is 5.57 Å². The molecule has 3 fully saturated rings. The first kappa shape index (κ1) is 19.5. The van der Waals surface area contributed by atoms with Gasteiger partial charge in [0, 0.05) is 12.2 Å². The average molecular weight is 393 g/mol. The summed E-state index contributed by atoms with van der Waals surface area (Å²) in [5.74, 6) is 3.01. The van der Waals surface area contributed by atoms with Crippen LogP contribution in [0.2, 0.25) is 0 Å². The molecule has 0 aromatic heterocycles. The highest BCUT2D eigenvalue weighted by atomic mass is 32.2. The van der Waals surface area contributed by atoms with Crippen molar-refractivity contribution in [2.75, 3.05) is 5.75 Å². The Morgan fingerprint density at radius 3 is 2.78 bits per heavy atom. The van der Waals surface area contributed by atoms with Gasteiger partial charge < -0.3 is 10.2 Å². The van der Waals surface area contributed by atoms with Crippen LogP contribution in [0, 0.1) is 34.5 Å². The topological polar surface area (TPSA) is 74.6 Å². The number of aliphatic hydroxyl groups excluding tert-OH is 1. The fourth-order valence-electron chi connectivity index (χ4n) is 7.51. The molecule has 3 saturated carbocycles. The van der Waals surface area contributed by atoms with Gasteiger partial charge >= 0.3 is 5.30 Å². The van der Waals surface area contributed by atoms with E-state index in [4.69, 9.17) is 5.11 Å². The number of carboxylic acid groups (broad SMARTS) is 1. The van der Waals surface area contributed by atoms with Gasteiger partial charge in [0.05, 0.1) is 6.10 Å². The van der Waals surface area contributed by atoms with E-state index in [2.05, 4.69) is 13.8 Å². The molecular weight excluding hydrogens is 360 g/mol. The van der Waals surface area contributed by atoms with E-state index in [1.54, 1.807) is 0 Å². The fourth-order valence-corrected chi connectivity index (χ4v) is 8.11. The second kappa shape index (κ2) is 6.91. The summed E-state index contributed by atoms with van der Waals surface area (Å²) in [4.78, 5) is 23.1. The Kier molecular flexibility index (Phi) is 4.99. The molecule has 0 radical (unpaired) electrons. The lowest BCUT2D eigenvalue weighted by Gasteiger charge is -2.61. The standard InChI is InChI=1S/C22H32O4S/c1-21-9-7-15(23)11-14(21)3-4-16-17-5-6-18(24)22(17,2)12-13(19(16)21)8-10-27-20(25)26/h11,13,16-19,24H,3-10,12H2,1-2H3,(H,25,26). The van der Waals surface area contributed by atoms with Crippen molar-refractivity contribution < 1.29 is 19.8 Å². The minimum Gasteiger partial charge on any atom is -0.473 e. The van der Waals surface area contributed by atoms with Crippen molar-refractivity contribution in [3.8, 4) is 0 Å². The molecule has 0 spiro atoms. The zero-order valence-corrected chi connectivity index (χ0v) is 17.3. The number of ketones is 1. The maximum Gasteiger partial charge on any atom is 0.364 e. The van der Waals surface area contributed by atoms with Gasteiger partial charge in [0.2, 0.25) is 0 Å². The van der Waals surface area contributed by atoms with Crippen LogP contribution < -0.4 is 0 Å². The third kappa shape index (κ3) is 3.09. The zero-order valence-electron chi connectivity index (χ0n) is 16.4. The Labute approximate surface area is 166 Å². The van der Waals surface area contributed by atoms with E-state index in [0.29, 0.717) is 35.8 Å². The van der Waals surface area contributed by atoms with Gasteiger partial charge in [-0.05, 0) is 97.3 Å². The largest absolute Gasteiger partial charge is 0.473 e. The van der Waals surface area contributed by atoms with Gasteiger partial charge in [0.15, 0.2) is 5.78 Å². The molecule has 0 bridgehead atoms. The lowest BCUT2D eigenvalue weighted by molar-refractivity contribution is -0.122. The molecule has 2 N–H and O–H groups in total. The number of hydrogen-bond acceptors (Lipinski definition) is 4. The maximum atomic E-state index is 12.0. The molecule has 7 atom stereocenters.